The van der Waals surface area contributed by atoms with Gasteiger partial charge in [-0.3, -0.25) is 4.79 Å². The maximum Gasteiger partial charge on any atom is 0.246 e. The molecule has 1 aliphatic rings. The summed E-state index contributed by atoms with van der Waals surface area (Å²) in [5, 5.41) is 1.13. The quantitative estimate of drug-likeness (QED) is 0.733. The van der Waals surface area contributed by atoms with Gasteiger partial charge in [-0.15, -0.1) is 0 Å². The van der Waals surface area contributed by atoms with Gasteiger partial charge in [0.25, 0.3) is 0 Å². The van der Waals surface area contributed by atoms with E-state index in [0.717, 1.165) is 16.7 Å². The van der Waals surface area contributed by atoms with E-state index in [9.17, 15) is 4.79 Å². The van der Waals surface area contributed by atoms with Crippen LogP contribution in [0.4, 0.5) is 0 Å². The molecular weight excluding hydrogens is 317 g/mol. The van der Waals surface area contributed by atoms with E-state index < -0.39 is 0 Å². The van der Waals surface area contributed by atoms with Crippen LogP contribution in [0.1, 0.15) is 22.6 Å². The van der Waals surface area contributed by atoms with Crippen molar-refractivity contribution < 1.29 is 4.79 Å². The summed E-state index contributed by atoms with van der Waals surface area (Å²) in [4.78, 5) is 13.8. The van der Waals surface area contributed by atoms with Crippen LogP contribution in [0, 0.1) is 0 Å². The third-order valence-corrected chi connectivity index (χ3v) is 4.84. The second-order valence-electron chi connectivity index (χ2n) is 5.32. The molecule has 0 bridgehead atoms. The predicted molar refractivity (Wildman–Crippen MR) is 90.4 cm³/mol. The molecule has 0 saturated carbocycles. The first kappa shape index (κ1) is 15.1. The van der Waals surface area contributed by atoms with E-state index in [4.69, 9.17) is 23.2 Å². The number of amides is 1. The summed E-state index contributed by atoms with van der Waals surface area (Å²) in [5.41, 5.74) is 3.17. The van der Waals surface area contributed by atoms with Crippen molar-refractivity contribution in [3.05, 3.63) is 81.9 Å². The van der Waals surface area contributed by atoms with Crippen molar-refractivity contribution in [2.75, 3.05) is 6.54 Å². The number of hydrogen-bond donors (Lipinski definition) is 0. The summed E-state index contributed by atoms with van der Waals surface area (Å²) in [6.07, 6.45) is 1.35. The first-order valence-corrected chi connectivity index (χ1v) is 7.80. The molecule has 112 valence electrons. The van der Waals surface area contributed by atoms with Gasteiger partial charge in [-0.2, -0.15) is 0 Å². The van der Waals surface area contributed by atoms with Gasteiger partial charge < -0.3 is 4.90 Å². The minimum absolute atomic E-state index is 0.0139. The largest absolute Gasteiger partial charge is 0.334 e. The van der Waals surface area contributed by atoms with Gasteiger partial charge in [0, 0.05) is 19.0 Å². The van der Waals surface area contributed by atoms with Crippen molar-refractivity contribution >= 4 is 29.1 Å². The molecule has 0 fully saturated rings. The number of hydrogen-bond acceptors (Lipinski definition) is 1. The van der Waals surface area contributed by atoms with Crippen LogP contribution in [0.2, 0.25) is 10.0 Å². The van der Waals surface area contributed by atoms with Crippen LogP contribution in [0.3, 0.4) is 0 Å². The SMILES string of the molecule is C=CC(=O)N1Cc2ccc(Cl)c(Cl)c2[C@H](c2ccccc2)C1. The Morgan fingerprint density at radius 3 is 2.59 bits per heavy atom. The van der Waals surface area contributed by atoms with Gasteiger partial charge in [-0.1, -0.05) is 66.2 Å². The standard InChI is InChI=1S/C18H15Cl2NO/c1-2-16(22)21-10-13-8-9-15(19)18(20)17(13)14(11-21)12-6-4-3-5-7-12/h2-9,14H,1,10-11H2/t14-/m0/s1. The van der Waals surface area contributed by atoms with Crippen LogP contribution < -0.4 is 0 Å². The van der Waals surface area contributed by atoms with Gasteiger partial charge in [0.05, 0.1) is 10.0 Å². The molecule has 22 heavy (non-hydrogen) atoms. The van der Waals surface area contributed by atoms with E-state index in [1.54, 1.807) is 11.0 Å². The fraction of sp³-hybridized carbons (Fsp3) is 0.167. The molecule has 0 unspecified atom stereocenters. The van der Waals surface area contributed by atoms with Gasteiger partial charge in [0.15, 0.2) is 0 Å². The maximum absolute atomic E-state index is 12.1. The van der Waals surface area contributed by atoms with E-state index in [1.807, 2.05) is 36.4 Å². The molecule has 0 aromatic heterocycles. The van der Waals surface area contributed by atoms with Gasteiger partial charge in [-0.05, 0) is 28.8 Å². The third-order valence-electron chi connectivity index (χ3n) is 4.02. The third kappa shape index (κ3) is 2.65. The maximum atomic E-state index is 12.1. The molecule has 4 heteroatoms. The number of benzene rings is 2. The van der Waals surface area contributed by atoms with Crippen LogP contribution in [0.25, 0.3) is 0 Å². The zero-order valence-electron chi connectivity index (χ0n) is 11.9. The number of rotatable bonds is 2. The van der Waals surface area contributed by atoms with Crippen molar-refractivity contribution in [2.24, 2.45) is 0 Å². The number of halogens is 2. The average Bonchev–Trinajstić information content (AvgIpc) is 2.57. The van der Waals surface area contributed by atoms with E-state index in [2.05, 4.69) is 6.58 Å². The summed E-state index contributed by atoms with van der Waals surface area (Å²) in [7, 11) is 0. The Bertz CT molecular complexity index is 727. The summed E-state index contributed by atoms with van der Waals surface area (Å²) in [6, 6.07) is 13.8. The van der Waals surface area contributed by atoms with E-state index >= 15 is 0 Å². The Balaban J connectivity index is 2.14. The highest BCUT2D eigenvalue weighted by Gasteiger charge is 2.30. The van der Waals surface area contributed by atoms with Crippen molar-refractivity contribution in [3.8, 4) is 0 Å². The van der Waals surface area contributed by atoms with Crippen molar-refractivity contribution in [3.63, 3.8) is 0 Å². The molecular formula is C18H15Cl2NO. The highest BCUT2D eigenvalue weighted by atomic mass is 35.5. The van der Waals surface area contributed by atoms with Gasteiger partial charge in [0.2, 0.25) is 5.91 Å². The fourth-order valence-electron chi connectivity index (χ4n) is 2.96. The topological polar surface area (TPSA) is 20.3 Å². The summed E-state index contributed by atoms with van der Waals surface area (Å²) < 4.78 is 0. The Morgan fingerprint density at radius 2 is 1.91 bits per heavy atom. The normalized spacial score (nSPS) is 17.0. The van der Waals surface area contributed by atoms with E-state index in [1.165, 1.54) is 6.08 Å². The number of fused-ring (bicyclic) bond motifs is 1. The van der Waals surface area contributed by atoms with Gasteiger partial charge >= 0.3 is 0 Å². The van der Waals surface area contributed by atoms with Crippen LogP contribution in [-0.2, 0) is 11.3 Å². The van der Waals surface area contributed by atoms with Gasteiger partial charge in [0.1, 0.15) is 0 Å². The monoisotopic (exact) mass is 331 g/mol. The first-order valence-electron chi connectivity index (χ1n) is 7.05. The van der Waals surface area contributed by atoms with Crippen LogP contribution in [0.5, 0.6) is 0 Å². The summed E-state index contributed by atoms with van der Waals surface area (Å²) in [6.45, 7) is 4.68. The lowest BCUT2D eigenvalue weighted by molar-refractivity contribution is -0.127. The van der Waals surface area contributed by atoms with E-state index in [0.29, 0.717) is 23.1 Å². The number of carbonyl (C=O) groups is 1. The highest BCUT2D eigenvalue weighted by Crippen LogP contribution is 2.41. The second-order valence-corrected chi connectivity index (χ2v) is 6.11. The molecule has 2 aromatic carbocycles. The molecule has 0 radical (unpaired) electrons. The Hall–Kier alpha value is -1.77. The highest BCUT2D eigenvalue weighted by molar-refractivity contribution is 6.42. The lowest BCUT2D eigenvalue weighted by Crippen LogP contribution is -2.37. The molecule has 2 aromatic rings. The number of nitrogens with zero attached hydrogens (tertiary/aromatic N) is 1. The molecule has 1 heterocycles. The Labute approximate surface area is 140 Å². The van der Waals surface area contributed by atoms with Crippen LogP contribution in [0.15, 0.2) is 55.1 Å². The molecule has 0 N–H and O–H groups in total. The minimum Gasteiger partial charge on any atom is -0.334 e. The lowest BCUT2D eigenvalue weighted by Gasteiger charge is -2.35. The molecule has 1 aliphatic heterocycles. The Morgan fingerprint density at radius 1 is 1.18 bits per heavy atom. The van der Waals surface area contributed by atoms with Crippen LogP contribution >= 0.6 is 23.2 Å². The van der Waals surface area contributed by atoms with Crippen LogP contribution in [-0.4, -0.2) is 17.4 Å². The molecule has 0 saturated heterocycles. The summed E-state index contributed by atoms with van der Waals surface area (Å²) >= 11 is 12.7. The predicted octanol–water partition coefficient (Wildman–Crippen LogP) is 4.65. The van der Waals surface area contributed by atoms with Crippen molar-refractivity contribution in [1.29, 1.82) is 0 Å². The smallest absolute Gasteiger partial charge is 0.246 e. The summed E-state index contributed by atoms with van der Waals surface area (Å²) in [5.74, 6) is -0.0577. The first-order chi connectivity index (χ1) is 10.6. The van der Waals surface area contributed by atoms with Crippen molar-refractivity contribution in [2.45, 2.75) is 12.5 Å². The molecule has 1 amide bonds. The molecule has 0 spiro atoms. The molecule has 1 atom stereocenters. The molecule has 3 rings (SSSR count). The average molecular weight is 332 g/mol. The van der Waals surface area contributed by atoms with E-state index in [-0.39, 0.29) is 11.8 Å². The lowest BCUT2D eigenvalue weighted by atomic mass is 9.84. The fourth-order valence-corrected chi connectivity index (χ4v) is 3.44. The molecule has 2 nitrogen and oxygen atoms in total. The zero-order valence-corrected chi connectivity index (χ0v) is 13.4. The Kier molecular flexibility index (Phi) is 4.23. The molecule has 0 aliphatic carbocycles. The number of carbonyl (C=O) groups excluding carboxylic acids is 1. The van der Waals surface area contributed by atoms with Gasteiger partial charge in [-0.25, -0.2) is 0 Å². The zero-order chi connectivity index (χ0) is 15.7. The second kappa shape index (κ2) is 6.15. The minimum atomic E-state index is -0.0716. The van der Waals surface area contributed by atoms with Crippen molar-refractivity contribution in [1.82, 2.24) is 4.90 Å².